The summed E-state index contributed by atoms with van der Waals surface area (Å²) >= 11 is 0. The Morgan fingerprint density at radius 2 is 1.85 bits per heavy atom. The summed E-state index contributed by atoms with van der Waals surface area (Å²) in [6, 6.07) is 15.8. The highest BCUT2D eigenvalue weighted by Crippen LogP contribution is 2.19. The zero-order valence-corrected chi connectivity index (χ0v) is 11.3. The summed E-state index contributed by atoms with van der Waals surface area (Å²) in [4.78, 5) is 16.6. The number of ketones is 1. The third-order valence-corrected chi connectivity index (χ3v) is 3.47. The zero-order valence-electron chi connectivity index (χ0n) is 11.3. The normalized spacial score (nSPS) is 10.7. The first-order chi connectivity index (χ1) is 9.74. The van der Waals surface area contributed by atoms with Crippen LogP contribution in [0.2, 0.25) is 0 Å². The van der Waals surface area contributed by atoms with Gasteiger partial charge in [0.05, 0.1) is 0 Å². The number of fused-ring (bicyclic) bond motifs is 1. The smallest absolute Gasteiger partial charge is 0.167 e. The van der Waals surface area contributed by atoms with Gasteiger partial charge in [-0.2, -0.15) is 0 Å². The maximum absolute atomic E-state index is 12.5. The molecule has 2 aromatic carbocycles. The number of nitrogens with zero attached hydrogens (tertiary/aromatic N) is 1. The van der Waals surface area contributed by atoms with Gasteiger partial charge in [-0.1, -0.05) is 48.0 Å². The highest BCUT2D eigenvalue weighted by Gasteiger charge is 2.10. The zero-order chi connectivity index (χ0) is 13.9. The molecule has 0 saturated heterocycles. The van der Waals surface area contributed by atoms with Crippen molar-refractivity contribution < 1.29 is 4.79 Å². The molecule has 0 saturated carbocycles. The fourth-order valence-electron chi connectivity index (χ4n) is 2.35. The fraction of sp³-hybridized carbons (Fsp3) is 0.111. The first kappa shape index (κ1) is 12.5. The van der Waals surface area contributed by atoms with E-state index in [0.29, 0.717) is 6.42 Å². The third-order valence-electron chi connectivity index (χ3n) is 3.47. The predicted molar refractivity (Wildman–Crippen MR) is 81.0 cm³/mol. The number of pyridine rings is 1. The van der Waals surface area contributed by atoms with E-state index in [-0.39, 0.29) is 5.78 Å². The van der Waals surface area contributed by atoms with Crippen molar-refractivity contribution in [2.24, 2.45) is 0 Å². The van der Waals surface area contributed by atoms with Crippen molar-refractivity contribution in [3.05, 3.63) is 77.6 Å². The highest BCUT2D eigenvalue weighted by molar-refractivity contribution is 6.08. The Morgan fingerprint density at radius 3 is 2.65 bits per heavy atom. The summed E-state index contributed by atoms with van der Waals surface area (Å²) in [5, 5.41) is 1.97. The minimum atomic E-state index is 0.144. The van der Waals surface area contributed by atoms with E-state index in [2.05, 4.69) is 4.98 Å². The van der Waals surface area contributed by atoms with E-state index in [9.17, 15) is 4.79 Å². The first-order valence-corrected chi connectivity index (χ1v) is 6.65. The van der Waals surface area contributed by atoms with Crippen LogP contribution in [0.3, 0.4) is 0 Å². The molecule has 0 atom stereocenters. The highest BCUT2D eigenvalue weighted by atomic mass is 16.1. The molecule has 0 aliphatic heterocycles. The van der Waals surface area contributed by atoms with Crippen LogP contribution >= 0.6 is 0 Å². The fourth-order valence-corrected chi connectivity index (χ4v) is 2.35. The Balaban J connectivity index is 1.94. The van der Waals surface area contributed by atoms with E-state index in [1.807, 2.05) is 55.5 Å². The molecule has 0 radical (unpaired) electrons. The van der Waals surface area contributed by atoms with E-state index in [1.165, 1.54) is 5.56 Å². The van der Waals surface area contributed by atoms with Crippen molar-refractivity contribution in [2.75, 3.05) is 0 Å². The number of hydrogen-bond acceptors (Lipinski definition) is 2. The van der Waals surface area contributed by atoms with Gasteiger partial charge < -0.3 is 0 Å². The number of benzene rings is 2. The van der Waals surface area contributed by atoms with Gasteiger partial charge in [0.1, 0.15) is 0 Å². The Morgan fingerprint density at radius 1 is 1.05 bits per heavy atom. The van der Waals surface area contributed by atoms with E-state index >= 15 is 0 Å². The third kappa shape index (κ3) is 2.45. The molecule has 0 bridgehead atoms. The van der Waals surface area contributed by atoms with Crippen LogP contribution in [0.15, 0.2) is 60.9 Å². The topological polar surface area (TPSA) is 30.0 Å². The van der Waals surface area contributed by atoms with Gasteiger partial charge in [0.15, 0.2) is 5.78 Å². The van der Waals surface area contributed by atoms with Gasteiger partial charge in [0, 0.05) is 29.8 Å². The molecule has 20 heavy (non-hydrogen) atoms. The van der Waals surface area contributed by atoms with E-state index in [1.54, 1.807) is 12.4 Å². The minimum Gasteiger partial charge on any atom is -0.294 e. The molecule has 0 unspecified atom stereocenters. The summed E-state index contributed by atoms with van der Waals surface area (Å²) in [7, 11) is 0. The number of rotatable bonds is 3. The number of Topliss-reactive ketones (excluding diaryl/α,β-unsaturated/α-hetero) is 1. The quantitative estimate of drug-likeness (QED) is 0.668. The van der Waals surface area contributed by atoms with Crippen molar-refractivity contribution in [2.45, 2.75) is 13.3 Å². The van der Waals surface area contributed by atoms with Crippen molar-refractivity contribution in [1.29, 1.82) is 0 Å². The maximum atomic E-state index is 12.5. The van der Waals surface area contributed by atoms with Crippen LogP contribution in [0.4, 0.5) is 0 Å². The molecular weight excluding hydrogens is 246 g/mol. The van der Waals surface area contributed by atoms with Crippen LogP contribution in [0.25, 0.3) is 10.8 Å². The number of aryl methyl sites for hydroxylation is 1. The van der Waals surface area contributed by atoms with Crippen molar-refractivity contribution in [1.82, 2.24) is 4.98 Å². The number of carbonyl (C=O) groups excluding carboxylic acids is 1. The number of hydrogen-bond donors (Lipinski definition) is 0. The summed E-state index contributed by atoms with van der Waals surface area (Å²) in [6.45, 7) is 2.04. The molecule has 0 aliphatic carbocycles. The lowest BCUT2D eigenvalue weighted by atomic mass is 9.98. The lowest BCUT2D eigenvalue weighted by Gasteiger charge is -2.06. The summed E-state index contributed by atoms with van der Waals surface area (Å²) < 4.78 is 0. The molecule has 98 valence electrons. The lowest BCUT2D eigenvalue weighted by Crippen LogP contribution is -2.04. The largest absolute Gasteiger partial charge is 0.294 e. The molecule has 2 heteroatoms. The maximum Gasteiger partial charge on any atom is 0.167 e. The van der Waals surface area contributed by atoms with Crippen LogP contribution in [0.5, 0.6) is 0 Å². The van der Waals surface area contributed by atoms with Gasteiger partial charge in [0.25, 0.3) is 0 Å². The van der Waals surface area contributed by atoms with Crippen LogP contribution in [0.1, 0.15) is 21.5 Å². The minimum absolute atomic E-state index is 0.144. The average molecular weight is 261 g/mol. The Labute approximate surface area is 118 Å². The van der Waals surface area contributed by atoms with Gasteiger partial charge in [-0.05, 0) is 23.9 Å². The van der Waals surface area contributed by atoms with Gasteiger partial charge >= 0.3 is 0 Å². The summed E-state index contributed by atoms with van der Waals surface area (Å²) in [5.74, 6) is 0.144. The number of aromatic nitrogens is 1. The Kier molecular flexibility index (Phi) is 3.30. The molecule has 1 heterocycles. The molecule has 2 nitrogen and oxygen atoms in total. The van der Waals surface area contributed by atoms with E-state index in [4.69, 9.17) is 0 Å². The van der Waals surface area contributed by atoms with Crippen molar-refractivity contribution >= 4 is 16.6 Å². The number of carbonyl (C=O) groups is 1. The standard InChI is InChI=1S/C18H15NO/c1-13-5-7-14(8-6-13)11-18(20)17-4-2-3-15-12-19-10-9-16(15)17/h2-10,12H,11H2,1H3. The summed E-state index contributed by atoms with van der Waals surface area (Å²) in [6.07, 6.45) is 3.95. The second-order valence-corrected chi connectivity index (χ2v) is 4.99. The lowest BCUT2D eigenvalue weighted by molar-refractivity contribution is 0.0994. The molecule has 3 rings (SSSR count). The van der Waals surface area contributed by atoms with E-state index in [0.717, 1.165) is 21.9 Å². The Hall–Kier alpha value is -2.48. The predicted octanol–water partition coefficient (Wildman–Crippen LogP) is 3.97. The summed E-state index contributed by atoms with van der Waals surface area (Å²) in [5.41, 5.74) is 3.02. The van der Waals surface area contributed by atoms with Crippen LogP contribution in [-0.2, 0) is 6.42 Å². The molecule has 0 fully saturated rings. The molecule has 1 aromatic heterocycles. The molecule has 3 aromatic rings. The first-order valence-electron chi connectivity index (χ1n) is 6.65. The molecule has 0 aliphatic rings. The van der Waals surface area contributed by atoms with Crippen LogP contribution in [0, 0.1) is 6.92 Å². The second-order valence-electron chi connectivity index (χ2n) is 4.99. The second kappa shape index (κ2) is 5.25. The molecule has 0 N–H and O–H groups in total. The van der Waals surface area contributed by atoms with Crippen LogP contribution < -0.4 is 0 Å². The van der Waals surface area contributed by atoms with Crippen molar-refractivity contribution in [3.8, 4) is 0 Å². The van der Waals surface area contributed by atoms with Gasteiger partial charge in [-0.15, -0.1) is 0 Å². The average Bonchev–Trinajstić information content (AvgIpc) is 2.49. The van der Waals surface area contributed by atoms with Gasteiger partial charge in [-0.3, -0.25) is 9.78 Å². The van der Waals surface area contributed by atoms with E-state index < -0.39 is 0 Å². The van der Waals surface area contributed by atoms with Crippen LogP contribution in [-0.4, -0.2) is 10.8 Å². The molecular formula is C18H15NO. The molecule has 0 amide bonds. The van der Waals surface area contributed by atoms with Gasteiger partial charge in [0.2, 0.25) is 0 Å². The monoisotopic (exact) mass is 261 g/mol. The molecule has 0 spiro atoms. The van der Waals surface area contributed by atoms with Gasteiger partial charge in [-0.25, -0.2) is 0 Å². The Bertz CT molecular complexity index is 754. The SMILES string of the molecule is Cc1ccc(CC(=O)c2cccc3cnccc23)cc1. The van der Waals surface area contributed by atoms with Crippen molar-refractivity contribution in [3.63, 3.8) is 0 Å².